The maximum Gasteiger partial charge on any atom is 0.000966 e. The molecule has 0 radical (unpaired) electrons. The van der Waals surface area contributed by atoms with E-state index in [0.29, 0.717) is 0 Å². The molecule has 1 rings (SSSR count). The number of hydrogen-bond donors (Lipinski definition) is 0. The Morgan fingerprint density at radius 2 is 1.69 bits per heavy atom. The fourth-order valence-corrected chi connectivity index (χ4v) is 2.15. The molecule has 0 N–H and O–H groups in total. The third-order valence-electron chi connectivity index (χ3n) is 3.05. The lowest BCUT2D eigenvalue weighted by atomic mass is 10.1. The third kappa shape index (κ3) is 4.12. The van der Waals surface area contributed by atoms with Crippen molar-refractivity contribution in [1.29, 1.82) is 0 Å². The largest absolute Gasteiger partial charge is 0.303 e. The highest BCUT2D eigenvalue weighted by Crippen LogP contribution is 2.36. The van der Waals surface area contributed by atoms with Gasteiger partial charge in [0.2, 0.25) is 0 Å². The van der Waals surface area contributed by atoms with Crippen LogP contribution in [0.25, 0.3) is 0 Å². The predicted octanol–water partition coefficient (Wildman–Crippen LogP) is 3.15. The Morgan fingerprint density at radius 1 is 1.15 bits per heavy atom. The topological polar surface area (TPSA) is 3.24 Å². The summed E-state index contributed by atoms with van der Waals surface area (Å²) in [6, 6.07) is 0. The van der Waals surface area contributed by atoms with Gasteiger partial charge in [-0.1, -0.05) is 20.8 Å². The standard InChI is InChI=1S/C12H25N/c1-4-8-13(9-5-2)10-11(3)12-6-7-12/h11-12H,4-10H2,1-3H3. The second kappa shape index (κ2) is 5.64. The maximum absolute atomic E-state index is 2.64. The van der Waals surface area contributed by atoms with Gasteiger partial charge >= 0.3 is 0 Å². The lowest BCUT2D eigenvalue weighted by Crippen LogP contribution is -2.30. The molecule has 0 aliphatic heterocycles. The highest BCUT2D eigenvalue weighted by atomic mass is 15.1. The van der Waals surface area contributed by atoms with Gasteiger partial charge in [0.1, 0.15) is 0 Å². The normalized spacial score (nSPS) is 19.4. The summed E-state index contributed by atoms with van der Waals surface area (Å²) in [6.07, 6.45) is 5.59. The van der Waals surface area contributed by atoms with E-state index in [2.05, 4.69) is 25.7 Å². The first kappa shape index (κ1) is 11.0. The smallest absolute Gasteiger partial charge is 0.000966 e. The van der Waals surface area contributed by atoms with Crippen molar-refractivity contribution in [2.75, 3.05) is 19.6 Å². The van der Waals surface area contributed by atoms with Gasteiger partial charge in [0.25, 0.3) is 0 Å². The van der Waals surface area contributed by atoms with Crippen LogP contribution < -0.4 is 0 Å². The quantitative estimate of drug-likeness (QED) is 0.586. The summed E-state index contributed by atoms with van der Waals surface area (Å²) in [7, 11) is 0. The van der Waals surface area contributed by atoms with E-state index in [1.807, 2.05) is 0 Å². The molecule has 0 amide bonds. The van der Waals surface area contributed by atoms with Crippen LogP contribution in [-0.4, -0.2) is 24.5 Å². The van der Waals surface area contributed by atoms with Gasteiger partial charge < -0.3 is 4.90 Å². The van der Waals surface area contributed by atoms with Gasteiger partial charge in [-0.05, 0) is 50.6 Å². The zero-order chi connectivity index (χ0) is 9.68. The summed E-state index contributed by atoms with van der Waals surface area (Å²) in [4.78, 5) is 2.64. The van der Waals surface area contributed by atoms with Gasteiger partial charge in [-0.3, -0.25) is 0 Å². The van der Waals surface area contributed by atoms with Gasteiger partial charge in [0.15, 0.2) is 0 Å². The van der Waals surface area contributed by atoms with E-state index in [-0.39, 0.29) is 0 Å². The molecule has 0 aromatic heterocycles. The first-order chi connectivity index (χ1) is 6.27. The predicted molar refractivity (Wildman–Crippen MR) is 58.9 cm³/mol. The van der Waals surface area contributed by atoms with Crippen molar-refractivity contribution < 1.29 is 0 Å². The molecule has 0 aromatic rings. The average molecular weight is 183 g/mol. The van der Waals surface area contributed by atoms with E-state index in [9.17, 15) is 0 Å². The van der Waals surface area contributed by atoms with Crippen molar-refractivity contribution in [2.24, 2.45) is 11.8 Å². The van der Waals surface area contributed by atoms with Crippen LogP contribution in [0.3, 0.4) is 0 Å². The summed E-state index contributed by atoms with van der Waals surface area (Å²) in [6.45, 7) is 10.9. The van der Waals surface area contributed by atoms with Gasteiger partial charge in [0.05, 0.1) is 0 Å². The van der Waals surface area contributed by atoms with Crippen molar-refractivity contribution in [2.45, 2.75) is 46.5 Å². The highest BCUT2D eigenvalue weighted by molar-refractivity contribution is 4.80. The summed E-state index contributed by atoms with van der Waals surface area (Å²) in [5.74, 6) is 2.01. The number of hydrogen-bond acceptors (Lipinski definition) is 1. The van der Waals surface area contributed by atoms with E-state index < -0.39 is 0 Å². The zero-order valence-corrected chi connectivity index (χ0v) is 9.55. The fraction of sp³-hybridized carbons (Fsp3) is 1.00. The molecule has 1 unspecified atom stereocenters. The van der Waals surface area contributed by atoms with Crippen molar-refractivity contribution in [3.63, 3.8) is 0 Å². The van der Waals surface area contributed by atoms with Gasteiger partial charge in [-0.2, -0.15) is 0 Å². The molecule has 1 fully saturated rings. The van der Waals surface area contributed by atoms with Gasteiger partial charge in [0, 0.05) is 6.54 Å². The molecule has 1 aliphatic carbocycles. The summed E-state index contributed by atoms with van der Waals surface area (Å²) in [5, 5.41) is 0. The molecule has 0 heterocycles. The van der Waals surface area contributed by atoms with Crippen LogP contribution in [0.2, 0.25) is 0 Å². The molecule has 0 saturated heterocycles. The van der Waals surface area contributed by atoms with Crippen LogP contribution in [0.5, 0.6) is 0 Å². The van der Waals surface area contributed by atoms with Gasteiger partial charge in [-0.15, -0.1) is 0 Å². The molecular weight excluding hydrogens is 158 g/mol. The molecule has 1 aliphatic rings. The molecule has 1 nitrogen and oxygen atoms in total. The van der Waals surface area contributed by atoms with E-state index in [1.165, 1.54) is 45.3 Å². The second-order valence-corrected chi connectivity index (χ2v) is 4.62. The first-order valence-electron chi connectivity index (χ1n) is 6.00. The summed E-state index contributed by atoms with van der Waals surface area (Å²) < 4.78 is 0. The Morgan fingerprint density at radius 3 is 2.08 bits per heavy atom. The van der Waals surface area contributed by atoms with E-state index >= 15 is 0 Å². The zero-order valence-electron chi connectivity index (χ0n) is 9.55. The minimum absolute atomic E-state index is 0.943. The van der Waals surface area contributed by atoms with Crippen molar-refractivity contribution >= 4 is 0 Å². The van der Waals surface area contributed by atoms with Crippen LogP contribution in [-0.2, 0) is 0 Å². The second-order valence-electron chi connectivity index (χ2n) is 4.62. The Kier molecular flexibility index (Phi) is 4.79. The van der Waals surface area contributed by atoms with Crippen LogP contribution >= 0.6 is 0 Å². The lowest BCUT2D eigenvalue weighted by molar-refractivity contribution is 0.227. The molecule has 78 valence electrons. The van der Waals surface area contributed by atoms with E-state index in [0.717, 1.165) is 11.8 Å². The van der Waals surface area contributed by atoms with Crippen molar-refractivity contribution in [3.8, 4) is 0 Å². The van der Waals surface area contributed by atoms with Gasteiger partial charge in [-0.25, -0.2) is 0 Å². The molecule has 13 heavy (non-hydrogen) atoms. The molecule has 0 aromatic carbocycles. The molecular formula is C12H25N. The summed E-state index contributed by atoms with van der Waals surface area (Å²) >= 11 is 0. The SMILES string of the molecule is CCCN(CCC)CC(C)C1CC1. The summed E-state index contributed by atoms with van der Waals surface area (Å²) in [5.41, 5.74) is 0. The Labute approximate surface area is 83.5 Å². The maximum atomic E-state index is 2.64. The molecule has 0 bridgehead atoms. The van der Waals surface area contributed by atoms with E-state index in [4.69, 9.17) is 0 Å². The molecule has 1 heteroatoms. The Balaban J connectivity index is 2.18. The monoisotopic (exact) mass is 183 g/mol. The molecule has 1 saturated carbocycles. The Bertz CT molecular complexity index is 123. The minimum Gasteiger partial charge on any atom is -0.303 e. The number of rotatable bonds is 7. The number of nitrogens with zero attached hydrogens (tertiary/aromatic N) is 1. The van der Waals surface area contributed by atoms with E-state index in [1.54, 1.807) is 0 Å². The van der Waals surface area contributed by atoms with Crippen LogP contribution in [0.1, 0.15) is 46.5 Å². The first-order valence-corrected chi connectivity index (χ1v) is 6.00. The third-order valence-corrected chi connectivity index (χ3v) is 3.05. The van der Waals surface area contributed by atoms with Crippen LogP contribution in [0.15, 0.2) is 0 Å². The molecule has 1 atom stereocenters. The van der Waals surface area contributed by atoms with Crippen molar-refractivity contribution in [3.05, 3.63) is 0 Å². The van der Waals surface area contributed by atoms with Crippen LogP contribution in [0, 0.1) is 11.8 Å². The lowest BCUT2D eigenvalue weighted by Gasteiger charge is -2.24. The van der Waals surface area contributed by atoms with Crippen molar-refractivity contribution in [1.82, 2.24) is 4.90 Å². The van der Waals surface area contributed by atoms with Crippen LogP contribution in [0.4, 0.5) is 0 Å². The highest BCUT2D eigenvalue weighted by Gasteiger charge is 2.28. The average Bonchev–Trinajstić information content (AvgIpc) is 2.87. The Hall–Kier alpha value is -0.0400. The molecule has 0 spiro atoms. The minimum atomic E-state index is 0.943. The fourth-order valence-electron chi connectivity index (χ4n) is 2.15.